The topological polar surface area (TPSA) is 35.6 Å². The van der Waals surface area contributed by atoms with Crippen molar-refractivity contribution in [2.75, 3.05) is 26.2 Å². The van der Waals surface area contributed by atoms with Gasteiger partial charge in [-0.25, -0.2) is 4.79 Å². The second-order valence-corrected chi connectivity index (χ2v) is 7.50. The van der Waals surface area contributed by atoms with Gasteiger partial charge in [0.15, 0.2) is 0 Å². The van der Waals surface area contributed by atoms with Gasteiger partial charge in [0, 0.05) is 38.3 Å². The fourth-order valence-electron chi connectivity index (χ4n) is 4.35. The Morgan fingerprint density at radius 1 is 0.875 bits per heavy atom. The van der Waals surface area contributed by atoms with Crippen LogP contribution in [0, 0.1) is 5.92 Å². The summed E-state index contributed by atoms with van der Waals surface area (Å²) < 4.78 is 38.0. The third kappa shape index (κ3) is 4.35. The highest BCUT2D eigenvalue weighted by Gasteiger charge is 2.41. The maximum absolute atomic E-state index is 12.7. The Hall–Kier alpha value is -0.980. The number of piperidine rings is 2. The van der Waals surface area contributed by atoms with Crippen molar-refractivity contribution in [2.24, 2.45) is 5.92 Å². The first-order valence-corrected chi connectivity index (χ1v) is 9.29. The van der Waals surface area contributed by atoms with E-state index in [-0.39, 0.29) is 38.0 Å². The van der Waals surface area contributed by atoms with Gasteiger partial charge in [0.2, 0.25) is 0 Å². The minimum Gasteiger partial charge on any atom is -0.335 e. The smallest absolute Gasteiger partial charge is 0.335 e. The molecule has 2 amide bonds. The highest BCUT2D eigenvalue weighted by molar-refractivity contribution is 5.74. The Morgan fingerprint density at radius 3 is 2.00 bits per heavy atom. The Balaban J connectivity index is 1.38. The maximum Gasteiger partial charge on any atom is 0.391 e. The predicted molar refractivity (Wildman–Crippen MR) is 85.7 cm³/mol. The molecule has 24 heavy (non-hydrogen) atoms. The number of hydrogen-bond donors (Lipinski definition) is 1. The molecule has 3 rings (SSSR count). The van der Waals surface area contributed by atoms with Crippen LogP contribution in [-0.2, 0) is 0 Å². The molecule has 2 saturated heterocycles. The van der Waals surface area contributed by atoms with Crippen molar-refractivity contribution in [3.8, 4) is 0 Å². The van der Waals surface area contributed by atoms with Gasteiger partial charge in [-0.15, -0.1) is 0 Å². The fraction of sp³-hybridized carbons (Fsp3) is 0.941. The van der Waals surface area contributed by atoms with Crippen LogP contribution in [0.1, 0.15) is 51.4 Å². The van der Waals surface area contributed by atoms with Gasteiger partial charge in [-0.05, 0) is 38.5 Å². The van der Waals surface area contributed by atoms with Crippen molar-refractivity contribution in [1.82, 2.24) is 15.1 Å². The second-order valence-electron chi connectivity index (χ2n) is 7.50. The number of nitrogens with one attached hydrogen (secondary N) is 1. The van der Waals surface area contributed by atoms with Crippen molar-refractivity contribution < 1.29 is 18.0 Å². The Morgan fingerprint density at radius 2 is 1.46 bits per heavy atom. The van der Waals surface area contributed by atoms with Crippen LogP contribution in [0.25, 0.3) is 0 Å². The number of urea groups is 1. The lowest BCUT2D eigenvalue weighted by Crippen LogP contribution is -2.52. The molecule has 0 unspecified atom stereocenters. The van der Waals surface area contributed by atoms with Crippen LogP contribution in [0.3, 0.4) is 0 Å². The van der Waals surface area contributed by atoms with Crippen LogP contribution < -0.4 is 5.32 Å². The predicted octanol–water partition coefficient (Wildman–Crippen LogP) is 3.38. The summed E-state index contributed by atoms with van der Waals surface area (Å²) in [6.07, 6.45) is 3.06. The summed E-state index contributed by atoms with van der Waals surface area (Å²) in [7, 11) is 0. The molecule has 2 aliphatic heterocycles. The van der Waals surface area contributed by atoms with Gasteiger partial charge in [-0.2, -0.15) is 13.2 Å². The van der Waals surface area contributed by atoms with Crippen molar-refractivity contribution in [2.45, 2.75) is 69.6 Å². The molecule has 1 N–H and O–H groups in total. The second kappa shape index (κ2) is 7.50. The van der Waals surface area contributed by atoms with Gasteiger partial charge < -0.3 is 15.1 Å². The lowest BCUT2D eigenvalue weighted by molar-refractivity contribution is -0.183. The van der Waals surface area contributed by atoms with Crippen LogP contribution in [-0.4, -0.2) is 60.3 Å². The number of halogens is 3. The monoisotopic (exact) mass is 347 g/mol. The summed E-state index contributed by atoms with van der Waals surface area (Å²) in [5.74, 6) is -1.25. The molecule has 4 nitrogen and oxygen atoms in total. The van der Waals surface area contributed by atoms with E-state index >= 15 is 0 Å². The van der Waals surface area contributed by atoms with E-state index in [2.05, 4.69) is 10.2 Å². The van der Waals surface area contributed by atoms with Gasteiger partial charge >= 0.3 is 12.2 Å². The molecule has 138 valence electrons. The normalized spacial score (nSPS) is 26.0. The zero-order valence-electron chi connectivity index (χ0n) is 14.2. The Bertz CT molecular complexity index is 421. The van der Waals surface area contributed by atoms with Crippen molar-refractivity contribution in [3.05, 3.63) is 0 Å². The first-order valence-electron chi connectivity index (χ1n) is 9.29. The molecule has 7 heteroatoms. The average Bonchev–Trinajstić information content (AvgIpc) is 3.09. The van der Waals surface area contributed by atoms with Gasteiger partial charge in [-0.3, -0.25) is 0 Å². The van der Waals surface area contributed by atoms with E-state index in [0.717, 1.165) is 32.0 Å². The fourth-order valence-corrected chi connectivity index (χ4v) is 4.35. The molecule has 0 bridgehead atoms. The number of alkyl halides is 3. The highest BCUT2D eigenvalue weighted by Crippen LogP contribution is 2.34. The molecule has 0 atom stereocenters. The largest absolute Gasteiger partial charge is 0.391 e. The molecule has 0 aromatic heterocycles. The third-order valence-electron chi connectivity index (χ3n) is 5.94. The molecule has 1 saturated carbocycles. The standard InChI is InChI=1S/C17H28F3N3O/c18-17(19,20)13-5-9-23(10-6-13)16(24)21-14-7-11-22(12-8-14)15-3-1-2-4-15/h13-15H,1-12H2,(H,21,24). The number of hydrogen-bond acceptors (Lipinski definition) is 2. The summed E-state index contributed by atoms with van der Waals surface area (Å²) >= 11 is 0. The summed E-state index contributed by atoms with van der Waals surface area (Å²) in [6.45, 7) is 2.45. The zero-order valence-corrected chi connectivity index (χ0v) is 14.2. The molecule has 0 aromatic carbocycles. The van der Waals surface area contributed by atoms with Gasteiger partial charge in [-0.1, -0.05) is 12.8 Å². The van der Waals surface area contributed by atoms with Crippen molar-refractivity contribution >= 4 is 6.03 Å². The molecule has 3 fully saturated rings. The third-order valence-corrected chi connectivity index (χ3v) is 5.94. The van der Waals surface area contributed by atoms with Crippen LogP contribution in [0.2, 0.25) is 0 Å². The lowest BCUT2D eigenvalue weighted by Gasteiger charge is -2.38. The number of carbonyl (C=O) groups excluding carboxylic acids is 1. The number of rotatable bonds is 2. The van der Waals surface area contributed by atoms with E-state index < -0.39 is 12.1 Å². The molecule has 3 aliphatic rings. The van der Waals surface area contributed by atoms with E-state index in [1.807, 2.05) is 0 Å². The number of nitrogens with zero attached hydrogens (tertiary/aromatic N) is 2. The van der Waals surface area contributed by atoms with Gasteiger partial charge in [0.1, 0.15) is 0 Å². The number of carbonyl (C=O) groups is 1. The minimum absolute atomic E-state index is 0.0248. The molecule has 0 radical (unpaired) electrons. The molecule has 0 aromatic rings. The molecule has 1 aliphatic carbocycles. The SMILES string of the molecule is O=C(NC1CCN(C2CCCC2)CC1)N1CCC(C(F)(F)F)CC1. The van der Waals surface area contributed by atoms with Gasteiger partial charge in [0.05, 0.1) is 5.92 Å². The Kier molecular flexibility index (Phi) is 5.57. The highest BCUT2D eigenvalue weighted by atomic mass is 19.4. The molecule has 0 spiro atoms. The van der Waals surface area contributed by atoms with Crippen LogP contribution in [0.5, 0.6) is 0 Å². The van der Waals surface area contributed by atoms with E-state index in [4.69, 9.17) is 0 Å². The minimum atomic E-state index is -4.13. The summed E-state index contributed by atoms with van der Waals surface area (Å²) in [5.41, 5.74) is 0. The van der Waals surface area contributed by atoms with E-state index in [0.29, 0.717) is 0 Å². The summed E-state index contributed by atoms with van der Waals surface area (Å²) in [4.78, 5) is 16.4. The van der Waals surface area contributed by atoms with E-state index in [1.54, 1.807) is 4.90 Å². The van der Waals surface area contributed by atoms with Crippen molar-refractivity contribution in [1.29, 1.82) is 0 Å². The Labute approximate surface area is 141 Å². The van der Waals surface area contributed by atoms with E-state index in [9.17, 15) is 18.0 Å². The first kappa shape index (κ1) is 17.8. The molecular weight excluding hydrogens is 319 g/mol. The number of likely N-dealkylation sites (tertiary alicyclic amines) is 2. The van der Waals surface area contributed by atoms with Crippen LogP contribution in [0.4, 0.5) is 18.0 Å². The lowest BCUT2D eigenvalue weighted by atomic mass is 9.96. The zero-order chi connectivity index (χ0) is 17.2. The van der Waals surface area contributed by atoms with Gasteiger partial charge in [0.25, 0.3) is 0 Å². The van der Waals surface area contributed by atoms with Crippen LogP contribution >= 0.6 is 0 Å². The molecule has 2 heterocycles. The quantitative estimate of drug-likeness (QED) is 0.831. The summed E-state index contributed by atoms with van der Waals surface area (Å²) in [5, 5.41) is 3.03. The first-order chi connectivity index (χ1) is 11.4. The summed E-state index contributed by atoms with van der Waals surface area (Å²) in [6, 6.07) is 0.702. The van der Waals surface area contributed by atoms with Crippen LogP contribution in [0.15, 0.2) is 0 Å². The average molecular weight is 347 g/mol. The van der Waals surface area contributed by atoms with E-state index in [1.165, 1.54) is 25.7 Å². The molecular formula is C17H28F3N3O. The number of amides is 2. The van der Waals surface area contributed by atoms with Crippen molar-refractivity contribution in [3.63, 3.8) is 0 Å². The maximum atomic E-state index is 12.7.